The molecule has 0 fully saturated rings. The minimum atomic E-state index is -0.652. The van der Waals surface area contributed by atoms with Crippen LogP contribution >= 0.6 is 11.3 Å². The number of carbonyl (C=O) groups excluding carboxylic acids is 2. The Labute approximate surface area is 162 Å². The molecule has 10 heteroatoms. The van der Waals surface area contributed by atoms with Crippen molar-refractivity contribution < 1.29 is 24.0 Å². The molecular formula is C18H15N3O6S. The number of hydrogen-bond donors (Lipinski definition) is 0. The van der Waals surface area contributed by atoms with E-state index < -0.39 is 16.8 Å². The van der Waals surface area contributed by atoms with Gasteiger partial charge in [0.1, 0.15) is 12.3 Å². The molecule has 0 radical (unpaired) electrons. The van der Waals surface area contributed by atoms with Crippen molar-refractivity contribution in [3.63, 3.8) is 0 Å². The largest absolute Gasteiger partial charge is 0.497 e. The summed E-state index contributed by atoms with van der Waals surface area (Å²) >= 11 is 1.19. The van der Waals surface area contributed by atoms with Crippen molar-refractivity contribution in [2.24, 2.45) is 4.99 Å². The zero-order valence-corrected chi connectivity index (χ0v) is 15.8. The van der Waals surface area contributed by atoms with Gasteiger partial charge in [0.15, 0.2) is 4.80 Å². The molecule has 0 aliphatic rings. The van der Waals surface area contributed by atoms with Crippen LogP contribution in [0.2, 0.25) is 0 Å². The molecule has 0 bridgehead atoms. The number of nitro groups is 1. The first-order valence-corrected chi connectivity index (χ1v) is 8.82. The Bertz CT molecular complexity index is 1150. The van der Waals surface area contributed by atoms with E-state index in [1.807, 2.05) is 0 Å². The Morgan fingerprint density at radius 2 is 2.00 bits per heavy atom. The summed E-state index contributed by atoms with van der Waals surface area (Å²) in [5.74, 6) is -0.531. The van der Waals surface area contributed by atoms with Crippen LogP contribution in [0.1, 0.15) is 10.4 Å². The number of non-ortho nitro benzene ring substituents is 1. The van der Waals surface area contributed by atoms with Gasteiger partial charge in [-0.2, -0.15) is 4.99 Å². The van der Waals surface area contributed by atoms with Crippen LogP contribution in [0.4, 0.5) is 5.69 Å². The molecule has 0 spiro atoms. The van der Waals surface area contributed by atoms with Crippen LogP contribution in [0, 0.1) is 10.1 Å². The molecule has 0 saturated heterocycles. The van der Waals surface area contributed by atoms with Gasteiger partial charge in [-0.15, -0.1) is 0 Å². The summed E-state index contributed by atoms with van der Waals surface area (Å²) in [7, 11) is 2.81. The molecular weight excluding hydrogens is 386 g/mol. The van der Waals surface area contributed by atoms with Crippen LogP contribution < -0.4 is 9.54 Å². The van der Waals surface area contributed by atoms with Crippen LogP contribution in [0.25, 0.3) is 10.2 Å². The van der Waals surface area contributed by atoms with Crippen LogP contribution in [0.3, 0.4) is 0 Å². The van der Waals surface area contributed by atoms with Crippen LogP contribution in [0.5, 0.6) is 5.75 Å². The van der Waals surface area contributed by atoms with E-state index in [4.69, 9.17) is 9.47 Å². The number of methoxy groups -OCH3 is 2. The predicted octanol–water partition coefficient (Wildman–Crippen LogP) is 2.53. The third-order valence-corrected chi connectivity index (χ3v) is 4.95. The van der Waals surface area contributed by atoms with E-state index in [2.05, 4.69) is 4.99 Å². The van der Waals surface area contributed by atoms with E-state index in [1.54, 1.807) is 22.8 Å². The molecule has 0 aliphatic carbocycles. The summed E-state index contributed by atoms with van der Waals surface area (Å²) < 4.78 is 12.2. The van der Waals surface area contributed by atoms with Crippen LogP contribution in [0.15, 0.2) is 47.5 Å². The highest BCUT2D eigenvalue weighted by atomic mass is 32.1. The third kappa shape index (κ3) is 3.91. The number of rotatable bonds is 5. The maximum absolute atomic E-state index is 12.6. The van der Waals surface area contributed by atoms with Crippen LogP contribution in [-0.2, 0) is 16.1 Å². The third-order valence-electron chi connectivity index (χ3n) is 3.91. The number of amides is 1. The highest BCUT2D eigenvalue weighted by molar-refractivity contribution is 7.16. The highest BCUT2D eigenvalue weighted by Gasteiger charge is 2.15. The average Bonchev–Trinajstić information content (AvgIpc) is 3.03. The summed E-state index contributed by atoms with van der Waals surface area (Å²) in [5, 5.41) is 10.9. The second kappa shape index (κ2) is 8.01. The highest BCUT2D eigenvalue weighted by Crippen LogP contribution is 2.23. The maximum Gasteiger partial charge on any atom is 0.325 e. The number of fused-ring (bicyclic) bond motifs is 1. The predicted molar refractivity (Wildman–Crippen MR) is 101 cm³/mol. The fourth-order valence-electron chi connectivity index (χ4n) is 2.52. The zero-order chi connectivity index (χ0) is 20.3. The van der Waals surface area contributed by atoms with Crippen molar-refractivity contribution in [3.8, 4) is 5.75 Å². The number of ether oxygens (including phenoxy) is 2. The Balaban J connectivity index is 2.13. The first kappa shape index (κ1) is 19.2. The van der Waals surface area contributed by atoms with Gasteiger partial charge in [-0.3, -0.25) is 19.7 Å². The lowest BCUT2D eigenvalue weighted by atomic mass is 10.2. The average molecular weight is 401 g/mol. The molecule has 0 atom stereocenters. The van der Waals surface area contributed by atoms with Crippen molar-refractivity contribution in [3.05, 3.63) is 62.9 Å². The second-order valence-electron chi connectivity index (χ2n) is 5.60. The standard InChI is InChI=1S/C18H15N3O6S/c1-26-13-6-7-14-15(9-13)28-18(20(14)10-16(22)27-2)19-17(23)11-4-3-5-12(8-11)21(24)25/h3-9H,10H2,1-2H3. The van der Waals surface area contributed by atoms with Crippen molar-refractivity contribution in [1.82, 2.24) is 4.57 Å². The van der Waals surface area contributed by atoms with Gasteiger partial charge < -0.3 is 14.0 Å². The molecule has 0 saturated carbocycles. The number of thiazole rings is 1. The fraction of sp³-hybridized carbons (Fsp3) is 0.167. The minimum absolute atomic E-state index is 0.0776. The lowest BCUT2D eigenvalue weighted by Gasteiger charge is -2.04. The molecule has 1 heterocycles. The molecule has 0 aliphatic heterocycles. The number of nitro benzene ring substituents is 1. The molecule has 28 heavy (non-hydrogen) atoms. The molecule has 1 aromatic heterocycles. The van der Waals surface area contributed by atoms with Gasteiger partial charge in [0.25, 0.3) is 11.6 Å². The summed E-state index contributed by atoms with van der Waals surface area (Å²) in [4.78, 5) is 39.1. The zero-order valence-electron chi connectivity index (χ0n) is 14.9. The monoisotopic (exact) mass is 401 g/mol. The quantitative estimate of drug-likeness (QED) is 0.369. The maximum atomic E-state index is 12.6. The molecule has 0 unspecified atom stereocenters. The van der Waals surface area contributed by atoms with Gasteiger partial charge in [0.2, 0.25) is 0 Å². The minimum Gasteiger partial charge on any atom is -0.497 e. The Kier molecular flexibility index (Phi) is 5.50. The lowest BCUT2D eigenvalue weighted by Crippen LogP contribution is -2.22. The van der Waals surface area contributed by atoms with Crippen molar-refractivity contribution in [2.45, 2.75) is 6.54 Å². The van der Waals surface area contributed by atoms with E-state index in [1.165, 1.54) is 43.8 Å². The Hall–Kier alpha value is -3.53. The molecule has 3 rings (SSSR count). The van der Waals surface area contributed by atoms with Crippen molar-refractivity contribution >= 4 is 39.1 Å². The molecule has 3 aromatic rings. The molecule has 9 nitrogen and oxygen atoms in total. The van der Waals surface area contributed by atoms with Crippen molar-refractivity contribution in [1.29, 1.82) is 0 Å². The number of esters is 1. The van der Waals surface area contributed by atoms with Gasteiger partial charge >= 0.3 is 5.97 Å². The van der Waals surface area contributed by atoms with Gasteiger partial charge in [-0.25, -0.2) is 0 Å². The molecule has 2 aromatic carbocycles. The second-order valence-corrected chi connectivity index (χ2v) is 6.61. The lowest BCUT2D eigenvalue weighted by molar-refractivity contribution is -0.384. The van der Waals surface area contributed by atoms with Gasteiger partial charge in [0, 0.05) is 17.7 Å². The van der Waals surface area contributed by atoms with E-state index in [9.17, 15) is 19.7 Å². The van der Waals surface area contributed by atoms with Crippen LogP contribution in [-0.4, -0.2) is 35.6 Å². The van der Waals surface area contributed by atoms with E-state index >= 15 is 0 Å². The molecule has 1 amide bonds. The van der Waals surface area contributed by atoms with E-state index in [0.29, 0.717) is 11.3 Å². The first-order chi connectivity index (χ1) is 13.4. The number of nitrogens with zero attached hydrogens (tertiary/aromatic N) is 3. The SMILES string of the molecule is COC(=O)Cn1c(=NC(=O)c2cccc([N+](=O)[O-])c2)sc2cc(OC)ccc21. The molecule has 0 N–H and O–H groups in total. The normalized spacial score (nSPS) is 11.4. The van der Waals surface area contributed by atoms with E-state index in [0.717, 1.165) is 10.8 Å². The summed E-state index contributed by atoms with van der Waals surface area (Å²) in [5.41, 5.74) is 0.556. The van der Waals surface area contributed by atoms with E-state index in [-0.39, 0.29) is 22.6 Å². The topological polar surface area (TPSA) is 113 Å². The summed E-state index contributed by atoms with van der Waals surface area (Å²) in [6.07, 6.45) is 0. The smallest absolute Gasteiger partial charge is 0.325 e. The molecule has 144 valence electrons. The number of benzene rings is 2. The summed E-state index contributed by atoms with van der Waals surface area (Å²) in [6, 6.07) is 10.6. The summed E-state index contributed by atoms with van der Waals surface area (Å²) in [6.45, 7) is -0.135. The Morgan fingerprint density at radius 3 is 2.68 bits per heavy atom. The van der Waals surface area contributed by atoms with Gasteiger partial charge in [0.05, 0.1) is 29.4 Å². The Morgan fingerprint density at radius 1 is 1.21 bits per heavy atom. The number of aromatic nitrogens is 1. The fourth-order valence-corrected chi connectivity index (χ4v) is 3.57. The van der Waals surface area contributed by atoms with Gasteiger partial charge in [-0.05, 0) is 24.3 Å². The van der Waals surface area contributed by atoms with Crippen molar-refractivity contribution in [2.75, 3.05) is 14.2 Å². The first-order valence-electron chi connectivity index (χ1n) is 8.00. The number of carbonyl (C=O) groups is 2. The van der Waals surface area contributed by atoms with Gasteiger partial charge in [-0.1, -0.05) is 17.4 Å². The number of hydrogen-bond acceptors (Lipinski definition) is 7.